The Hall–Kier alpha value is -2.41. The Morgan fingerprint density at radius 1 is 1.26 bits per heavy atom. The second kappa shape index (κ2) is 5.07. The zero-order valence-electron chi connectivity index (χ0n) is 11.2. The van der Waals surface area contributed by atoms with Crippen LogP contribution in [0.25, 0.3) is 11.3 Å². The Bertz CT molecular complexity index is 629. The van der Waals surface area contributed by atoms with Crippen LogP contribution in [0.5, 0.6) is 5.75 Å². The second-order valence-corrected chi connectivity index (χ2v) is 4.73. The molecule has 0 N–H and O–H groups in total. The molecule has 0 amide bonds. The quantitative estimate of drug-likeness (QED) is 0.843. The van der Waals surface area contributed by atoms with E-state index in [0.29, 0.717) is 5.82 Å². The van der Waals surface area contributed by atoms with E-state index in [1.807, 2.05) is 30.3 Å². The minimum absolute atomic E-state index is 0.523. The predicted molar refractivity (Wildman–Crippen MR) is 72.7 cm³/mol. The molecule has 1 aromatic heterocycles. The summed E-state index contributed by atoms with van der Waals surface area (Å²) in [5.74, 6) is 1.30. The van der Waals surface area contributed by atoms with Crippen molar-refractivity contribution in [1.82, 2.24) is 9.97 Å². The Labute approximate surface area is 112 Å². The van der Waals surface area contributed by atoms with E-state index in [0.717, 1.165) is 17.0 Å². The van der Waals surface area contributed by atoms with Gasteiger partial charge in [-0.15, -0.1) is 0 Å². The fourth-order valence-electron chi connectivity index (χ4n) is 1.65. The molecule has 0 aliphatic heterocycles. The summed E-state index contributed by atoms with van der Waals surface area (Å²) in [6, 6.07) is 11.7. The molecule has 2 aromatic rings. The third kappa shape index (κ3) is 2.71. The summed E-state index contributed by atoms with van der Waals surface area (Å²) in [5, 5.41) is 9.14. The second-order valence-electron chi connectivity index (χ2n) is 4.73. The summed E-state index contributed by atoms with van der Waals surface area (Å²) < 4.78 is 5.20. The summed E-state index contributed by atoms with van der Waals surface area (Å²) >= 11 is 0. The normalized spacial score (nSPS) is 10.8. The Morgan fingerprint density at radius 3 is 2.74 bits per heavy atom. The van der Waals surface area contributed by atoms with Gasteiger partial charge in [0.1, 0.15) is 17.0 Å². The fraction of sp³-hybridized carbons (Fsp3) is 0.267. The standard InChI is InChI=1S/C15H15N3O/c1-15(2,10-16)14-17-8-7-13(18-14)11-5-4-6-12(9-11)19-3/h4-9H,1-3H3. The number of ether oxygens (including phenoxy) is 1. The van der Waals surface area contributed by atoms with Crippen molar-refractivity contribution >= 4 is 0 Å². The van der Waals surface area contributed by atoms with Crippen molar-refractivity contribution in [2.75, 3.05) is 7.11 Å². The fourth-order valence-corrected chi connectivity index (χ4v) is 1.65. The predicted octanol–water partition coefficient (Wildman–Crippen LogP) is 2.95. The average molecular weight is 253 g/mol. The van der Waals surface area contributed by atoms with Gasteiger partial charge in [0.25, 0.3) is 0 Å². The number of nitrogens with zero attached hydrogens (tertiary/aromatic N) is 3. The van der Waals surface area contributed by atoms with Crippen LogP contribution in [-0.4, -0.2) is 17.1 Å². The van der Waals surface area contributed by atoms with Gasteiger partial charge in [-0.1, -0.05) is 12.1 Å². The number of aromatic nitrogens is 2. The lowest BCUT2D eigenvalue weighted by molar-refractivity contribution is 0.415. The van der Waals surface area contributed by atoms with E-state index in [-0.39, 0.29) is 0 Å². The van der Waals surface area contributed by atoms with Gasteiger partial charge in [-0.3, -0.25) is 0 Å². The molecule has 0 aliphatic rings. The van der Waals surface area contributed by atoms with Crippen molar-refractivity contribution in [2.24, 2.45) is 0 Å². The molecule has 0 aliphatic carbocycles. The van der Waals surface area contributed by atoms with Gasteiger partial charge >= 0.3 is 0 Å². The lowest BCUT2D eigenvalue weighted by Gasteiger charge is -2.14. The van der Waals surface area contributed by atoms with Crippen LogP contribution >= 0.6 is 0 Å². The Balaban J connectivity index is 2.47. The van der Waals surface area contributed by atoms with Gasteiger partial charge in [-0.25, -0.2) is 9.97 Å². The highest BCUT2D eigenvalue weighted by atomic mass is 16.5. The third-order valence-electron chi connectivity index (χ3n) is 2.86. The maximum Gasteiger partial charge on any atom is 0.148 e. The number of nitriles is 1. The first kappa shape index (κ1) is 13.0. The van der Waals surface area contributed by atoms with Crippen LogP contribution in [0.2, 0.25) is 0 Å². The highest BCUT2D eigenvalue weighted by Gasteiger charge is 2.23. The van der Waals surface area contributed by atoms with E-state index < -0.39 is 5.41 Å². The molecular weight excluding hydrogens is 238 g/mol. The molecule has 0 bridgehead atoms. The molecule has 96 valence electrons. The Kier molecular flexibility index (Phi) is 3.48. The molecule has 0 unspecified atom stereocenters. The summed E-state index contributed by atoms with van der Waals surface area (Å²) in [7, 11) is 1.63. The van der Waals surface area contributed by atoms with Crippen molar-refractivity contribution < 1.29 is 4.74 Å². The van der Waals surface area contributed by atoms with Gasteiger partial charge in [-0.05, 0) is 32.0 Å². The maximum absolute atomic E-state index is 9.14. The Morgan fingerprint density at radius 2 is 2.05 bits per heavy atom. The van der Waals surface area contributed by atoms with E-state index in [1.165, 1.54) is 0 Å². The van der Waals surface area contributed by atoms with E-state index >= 15 is 0 Å². The molecule has 4 nitrogen and oxygen atoms in total. The molecule has 19 heavy (non-hydrogen) atoms. The van der Waals surface area contributed by atoms with Crippen LogP contribution in [0.4, 0.5) is 0 Å². The van der Waals surface area contributed by atoms with Crippen LogP contribution in [-0.2, 0) is 5.41 Å². The number of methoxy groups -OCH3 is 1. The van der Waals surface area contributed by atoms with Gasteiger partial charge in [0.2, 0.25) is 0 Å². The molecular formula is C15H15N3O. The number of rotatable bonds is 3. The van der Waals surface area contributed by atoms with Gasteiger partial charge in [0, 0.05) is 11.8 Å². The van der Waals surface area contributed by atoms with Gasteiger partial charge in [0.05, 0.1) is 18.9 Å². The lowest BCUT2D eigenvalue weighted by Crippen LogP contribution is -2.18. The van der Waals surface area contributed by atoms with E-state index in [4.69, 9.17) is 10.00 Å². The molecule has 1 heterocycles. The van der Waals surface area contributed by atoms with Crippen LogP contribution in [0, 0.1) is 11.3 Å². The largest absolute Gasteiger partial charge is 0.497 e. The molecule has 0 saturated heterocycles. The third-order valence-corrected chi connectivity index (χ3v) is 2.86. The number of hydrogen-bond acceptors (Lipinski definition) is 4. The van der Waals surface area contributed by atoms with E-state index in [9.17, 15) is 0 Å². The molecule has 0 fully saturated rings. The van der Waals surface area contributed by atoms with Crippen LogP contribution < -0.4 is 4.74 Å². The van der Waals surface area contributed by atoms with Gasteiger partial charge in [0.15, 0.2) is 0 Å². The zero-order chi connectivity index (χ0) is 13.9. The van der Waals surface area contributed by atoms with Crippen molar-refractivity contribution in [3.63, 3.8) is 0 Å². The topological polar surface area (TPSA) is 58.8 Å². The van der Waals surface area contributed by atoms with Crippen molar-refractivity contribution in [1.29, 1.82) is 5.26 Å². The summed E-state index contributed by atoms with van der Waals surface area (Å²) in [6.45, 7) is 3.61. The summed E-state index contributed by atoms with van der Waals surface area (Å²) in [6.07, 6.45) is 1.68. The lowest BCUT2D eigenvalue weighted by atomic mass is 9.94. The van der Waals surface area contributed by atoms with Crippen molar-refractivity contribution in [2.45, 2.75) is 19.3 Å². The summed E-state index contributed by atoms with van der Waals surface area (Å²) in [4.78, 5) is 8.66. The first-order valence-corrected chi connectivity index (χ1v) is 5.96. The van der Waals surface area contributed by atoms with Crippen LogP contribution in [0.15, 0.2) is 36.5 Å². The first-order valence-electron chi connectivity index (χ1n) is 5.96. The molecule has 0 radical (unpaired) electrons. The number of hydrogen-bond donors (Lipinski definition) is 0. The van der Waals surface area contributed by atoms with Crippen molar-refractivity contribution in [3.05, 3.63) is 42.4 Å². The average Bonchev–Trinajstić information content (AvgIpc) is 2.47. The van der Waals surface area contributed by atoms with Gasteiger partial charge < -0.3 is 4.74 Å². The zero-order valence-corrected chi connectivity index (χ0v) is 11.2. The SMILES string of the molecule is COc1cccc(-c2ccnc(C(C)(C)C#N)n2)c1. The van der Waals surface area contributed by atoms with Crippen molar-refractivity contribution in [3.8, 4) is 23.1 Å². The minimum Gasteiger partial charge on any atom is -0.497 e. The van der Waals surface area contributed by atoms with Crippen LogP contribution in [0.1, 0.15) is 19.7 Å². The molecule has 4 heteroatoms. The van der Waals surface area contributed by atoms with E-state index in [1.54, 1.807) is 27.2 Å². The molecule has 1 aromatic carbocycles. The molecule has 2 rings (SSSR count). The monoisotopic (exact) mass is 253 g/mol. The molecule has 0 spiro atoms. The highest BCUT2D eigenvalue weighted by Crippen LogP contribution is 2.24. The number of benzene rings is 1. The van der Waals surface area contributed by atoms with Crippen LogP contribution in [0.3, 0.4) is 0 Å². The summed E-state index contributed by atoms with van der Waals surface area (Å²) in [5.41, 5.74) is 1.03. The maximum atomic E-state index is 9.14. The first-order chi connectivity index (χ1) is 9.06. The molecule has 0 atom stereocenters. The highest BCUT2D eigenvalue weighted by molar-refractivity contribution is 5.61. The smallest absolute Gasteiger partial charge is 0.148 e. The molecule has 0 saturated carbocycles. The van der Waals surface area contributed by atoms with Gasteiger partial charge in [-0.2, -0.15) is 5.26 Å². The van der Waals surface area contributed by atoms with E-state index in [2.05, 4.69) is 16.0 Å². The minimum atomic E-state index is -0.700.